The van der Waals surface area contributed by atoms with Crippen LogP contribution in [0.25, 0.3) is 0 Å². The fourth-order valence-electron chi connectivity index (χ4n) is 2.15. The van der Waals surface area contributed by atoms with Crippen LogP contribution in [0.2, 0.25) is 0 Å². The van der Waals surface area contributed by atoms with E-state index in [1.165, 1.54) is 11.1 Å². The van der Waals surface area contributed by atoms with Crippen LogP contribution >= 0.6 is 0 Å². The SMILES string of the molecule is CCNC(c1ccoc1)c1ccc(OC)cc1C. The molecule has 0 saturated heterocycles. The van der Waals surface area contributed by atoms with Gasteiger partial charge in [-0.2, -0.15) is 0 Å². The first-order chi connectivity index (χ1) is 8.76. The molecular formula is C15H19NO2. The van der Waals surface area contributed by atoms with Gasteiger partial charge in [-0.1, -0.05) is 13.0 Å². The summed E-state index contributed by atoms with van der Waals surface area (Å²) in [6.45, 7) is 5.11. The third-order valence-electron chi connectivity index (χ3n) is 3.07. The van der Waals surface area contributed by atoms with Crippen molar-refractivity contribution in [3.63, 3.8) is 0 Å². The lowest BCUT2D eigenvalue weighted by molar-refractivity contribution is 0.414. The molecule has 3 heteroatoms. The van der Waals surface area contributed by atoms with Crippen molar-refractivity contribution in [1.82, 2.24) is 5.32 Å². The van der Waals surface area contributed by atoms with Gasteiger partial charge in [-0.05, 0) is 42.8 Å². The fourth-order valence-corrected chi connectivity index (χ4v) is 2.15. The summed E-state index contributed by atoms with van der Waals surface area (Å²) in [4.78, 5) is 0. The second kappa shape index (κ2) is 5.74. The molecule has 0 spiro atoms. The molecule has 0 aliphatic rings. The fraction of sp³-hybridized carbons (Fsp3) is 0.333. The van der Waals surface area contributed by atoms with Crippen molar-refractivity contribution >= 4 is 0 Å². The molecule has 1 heterocycles. The van der Waals surface area contributed by atoms with Crippen LogP contribution in [0.1, 0.15) is 29.7 Å². The second-order valence-electron chi connectivity index (χ2n) is 4.27. The highest BCUT2D eigenvalue weighted by Gasteiger charge is 2.16. The van der Waals surface area contributed by atoms with E-state index in [-0.39, 0.29) is 6.04 Å². The van der Waals surface area contributed by atoms with E-state index in [1.54, 1.807) is 19.6 Å². The highest BCUT2D eigenvalue weighted by molar-refractivity contribution is 5.40. The van der Waals surface area contributed by atoms with Crippen LogP contribution in [0.5, 0.6) is 5.75 Å². The van der Waals surface area contributed by atoms with Gasteiger partial charge in [-0.25, -0.2) is 0 Å². The molecule has 0 bridgehead atoms. The van der Waals surface area contributed by atoms with E-state index in [0.29, 0.717) is 0 Å². The lowest BCUT2D eigenvalue weighted by Crippen LogP contribution is -2.22. The number of rotatable bonds is 5. The summed E-state index contributed by atoms with van der Waals surface area (Å²) in [6.07, 6.45) is 3.50. The van der Waals surface area contributed by atoms with E-state index >= 15 is 0 Å². The van der Waals surface area contributed by atoms with Gasteiger partial charge in [0.25, 0.3) is 0 Å². The quantitative estimate of drug-likeness (QED) is 0.877. The molecule has 1 aromatic heterocycles. The van der Waals surface area contributed by atoms with Crippen LogP contribution in [-0.4, -0.2) is 13.7 Å². The zero-order chi connectivity index (χ0) is 13.0. The Morgan fingerprint density at radius 3 is 2.72 bits per heavy atom. The summed E-state index contributed by atoms with van der Waals surface area (Å²) in [5.41, 5.74) is 3.60. The van der Waals surface area contributed by atoms with Crippen molar-refractivity contribution in [3.05, 3.63) is 53.5 Å². The van der Waals surface area contributed by atoms with Crippen LogP contribution < -0.4 is 10.1 Å². The molecule has 0 amide bonds. The van der Waals surface area contributed by atoms with Gasteiger partial charge in [0.05, 0.1) is 25.7 Å². The van der Waals surface area contributed by atoms with Gasteiger partial charge in [0.2, 0.25) is 0 Å². The molecule has 2 aromatic rings. The van der Waals surface area contributed by atoms with Crippen molar-refractivity contribution < 1.29 is 9.15 Å². The molecule has 0 fully saturated rings. The standard InChI is InChI=1S/C15H19NO2/c1-4-16-15(12-7-8-18-10-12)14-6-5-13(17-3)9-11(14)2/h5-10,15-16H,4H2,1-3H3. The molecule has 3 nitrogen and oxygen atoms in total. The Labute approximate surface area is 108 Å². The van der Waals surface area contributed by atoms with E-state index in [4.69, 9.17) is 9.15 Å². The number of methoxy groups -OCH3 is 1. The van der Waals surface area contributed by atoms with Crippen molar-refractivity contribution in [2.45, 2.75) is 19.9 Å². The molecule has 2 rings (SSSR count). The van der Waals surface area contributed by atoms with E-state index in [9.17, 15) is 0 Å². The number of hydrogen-bond acceptors (Lipinski definition) is 3. The third-order valence-corrected chi connectivity index (χ3v) is 3.07. The van der Waals surface area contributed by atoms with Crippen LogP contribution in [0.15, 0.2) is 41.2 Å². The molecule has 18 heavy (non-hydrogen) atoms. The van der Waals surface area contributed by atoms with Crippen LogP contribution in [0.4, 0.5) is 0 Å². The molecule has 1 N–H and O–H groups in total. The summed E-state index contributed by atoms with van der Waals surface area (Å²) in [6, 6.07) is 8.32. The van der Waals surface area contributed by atoms with Gasteiger partial charge >= 0.3 is 0 Å². The Bertz CT molecular complexity index is 491. The summed E-state index contributed by atoms with van der Waals surface area (Å²) >= 11 is 0. The number of ether oxygens (including phenoxy) is 1. The summed E-state index contributed by atoms with van der Waals surface area (Å²) in [5, 5.41) is 3.48. The van der Waals surface area contributed by atoms with Gasteiger partial charge in [-0.15, -0.1) is 0 Å². The van der Waals surface area contributed by atoms with Crippen molar-refractivity contribution in [2.24, 2.45) is 0 Å². The number of benzene rings is 1. The maximum atomic E-state index is 5.24. The molecule has 1 unspecified atom stereocenters. The number of furan rings is 1. The molecule has 0 aliphatic heterocycles. The van der Waals surface area contributed by atoms with Crippen LogP contribution in [0, 0.1) is 6.92 Å². The lowest BCUT2D eigenvalue weighted by Gasteiger charge is -2.19. The highest BCUT2D eigenvalue weighted by Crippen LogP contribution is 2.27. The Morgan fingerprint density at radius 1 is 1.33 bits per heavy atom. The van der Waals surface area contributed by atoms with Crippen molar-refractivity contribution in [1.29, 1.82) is 0 Å². The predicted molar refractivity (Wildman–Crippen MR) is 72.0 cm³/mol. The molecular weight excluding hydrogens is 226 g/mol. The Kier molecular flexibility index (Phi) is 4.05. The first-order valence-corrected chi connectivity index (χ1v) is 6.16. The largest absolute Gasteiger partial charge is 0.497 e. The Morgan fingerprint density at radius 2 is 2.17 bits per heavy atom. The average Bonchev–Trinajstić information content (AvgIpc) is 2.90. The summed E-state index contributed by atoms with van der Waals surface area (Å²) < 4.78 is 10.4. The van der Waals surface area contributed by atoms with E-state index in [1.807, 2.05) is 12.1 Å². The minimum atomic E-state index is 0.166. The van der Waals surface area contributed by atoms with E-state index < -0.39 is 0 Å². The minimum Gasteiger partial charge on any atom is -0.497 e. The number of aryl methyl sites for hydroxylation is 1. The molecule has 1 atom stereocenters. The van der Waals surface area contributed by atoms with Gasteiger partial charge in [0.15, 0.2) is 0 Å². The average molecular weight is 245 g/mol. The zero-order valence-corrected chi connectivity index (χ0v) is 11.1. The lowest BCUT2D eigenvalue weighted by atomic mass is 9.96. The molecule has 1 aromatic carbocycles. The minimum absolute atomic E-state index is 0.166. The van der Waals surface area contributed by atoms with Crippen LogP contribution in [-0.2, 0) is 0 Å². The predicted octanol–water partition coefficient (Wildman–Crippen LogP) is 3.30. The first-order valence-electron chi connectivity index (χ1n) is 6.16. The van der Waals surface area contributed by atoms with Gasteiger partial charge in [-0.3, -0.25) is 0 Å². The Hall–Kier alpha value is -1.74. The molecule has 0 saturated carbocycles. The zero-order valence-electron chi connectivity index (χ0n) is 11.1. The van der Waals surface area contributed by atoms with Gasteiger partial charge < -0.3 is 14.5 Å². The number of hydrogen-bond donors (Lipinski definition) is 1. The maximum Gasteiger partial charge on any atom is 0.119 e. The maximum absolute atomic E-state index is 5.24. The van der Waals surface area contributed by atoms with Crippen molar-refractivity contribution in [2.75, 3.05) is 13.7 Å². The normalized spacial score (nSPS) is 12.4. The van der Waals surface area contributed by atoms with Crippen molar-refractivity contribution in [3.8, 4) is 5.75 Å². The molecule has 0 aliphatic carbocycles. The summed E-state index contributed by atoms with van der Waals surface area (Å²) in [5.74, 6) is 0.888. The Balaban J connectivity index is 2.37. The topological polar surface area (TPSA) is 34.4 Å². The van der Waals surface area contributed by atoms with Crippen LogP contribution in [0.3, 0.4) is 0 Å². The first kappa shape index (κ1) is 12.7. The van der Waals surface area contributed by atoms with E-state index in [0.717, 1.165) is 17.9 Å². The van der Waals surface area contributed by atoms with E-state index in [2.05, 4.69) is 31.3 Å². The second-order valence-corrected chi connectivity index (χ2v) is 4.27. The highest BCUT2D eigenvalue weighted by atomic mass is 16.5. The number of nitrogens with one attached hydrogen (secondary N) is 1. The monoisotopic (exact) mass is 245 g/mol. The van der Waals surface area contributed by atoms with Gasteiger partial charge in [0, 0.05) is 5.56 Å². The third kappa shape index (κ3) is 2.57. The smallest absolute Gasteiger partial charge is 0.119 e. The van der Waals surface area contributed by atoms with Gasteiger partial charge in [0.1, 0.15) is 5.75 Å². The summed E-state index contributed by atoms with van der Waals surface area (Å²) in [7, 11) is 1.69. The molecule has 96 valence electrons. The molecule has 0 radical (unpaired) electrons.